The molecule has 2 nitrogen and oxygen atoms in total. The Labute approximate surface area is 115 Å². The van der Waals surface area contributed by atoms with Gasteiger partial charge in [0.25, 0.3) is 0 Å². The summed E-state index contributed by atoms with van der Waals surface area (Å²) in [6.07, 6.45) is 4.76. The van der Waals surface area contributed by atoms with E-state index in [4.69, 9.17) is 5.73 Å². The van der Waals surface area contributed by atoms with Crippen LogP contribution < -0.4 is 11.1 Å². The van der Waals surface area contributed by atoms with Crippen molar-refractivity contribution in [3.8, 4) is 0 Å². The van der Waals surface area contributed by atoms with E-state index in [1.807, 2.05) is 30.3 Å². The fourth-order valence-corrected chi connectivity index (χ4v) is 2.15. The summed E-state index contributed by atoms with van der Waals surface area (Å²) >= 11 is 0. The average molecular weight is 254 g/mol. The van der Waals surface area contributed by atoms with E-state index in [1.54, 1.807) is 0 Å². The summed E-state index contributed by atoms with van der Waals surface area (Å²) in [6.45, 7) is 2.22. The maximum Gasteiger partial charge on any atom is 0.0388 e. The van der Waals surface area contributed by atoms with Crippen LogP contribution in [-0.4, -0.2) is 0 Å². The lowest BCUT2D eigenvalue weighted by Gasteiger charge is -2.10. The number of aryl methyl sites for hydroxylation is 1. The number of hydrogen-bond acceptors (Lipinski definition) is 2. The lowest BCUT2D eigenvalue weighted by molar-refractivity contribution is 0.718. The third-order valence-electron chi connectivity index (χ3n) is 3.26. The van der Waals surface area contributed by atoms with Gasteiger partial charge in [-0.2, -0.15) is 0 Å². The number of rotatable bonds is 6. The van der Waals surface area contributed by atoms with Crippen molar-refractivity contribution >= 4 is 17.1 Å². The van der Waals surface area contributed by atoms with Crippen molar-refractivity contribution in [3.63, 3.8) is 0 Å². The second kappa shape index (κ2) is 6.83. The Morgan fingerprint density at radius 1 is 0.947 bits per heavy atom. The fourth-order valence-electron chi connectivity index (χ4n) is 2.15. The maximum atomic E-state index is 6.04. The van der Waals surface area contributed by atoms with Crippen molar-refractivity contribution in [3.05, 3.63) is 54.1 Å². The third-order valence-corrected chi connectivity index (χ3v) is 3.26. The van der Waals surface area contributed by atoms with Gasteiger partial charge in [-0.15, -0.1) is 0 Å². The highest BCUT2D eigenvalue weighted by Crippen LogP contribution is 2.23. The molecule has 0 spiro atoms. The lowest BCUT2D eigenvalue weighted by Crippen LogP contribution is -1.97. The first-order valence-electron chi connectivity index (χ1n) is 7.00. The Kier molecular flexibility index (Phi) is 4.85. The van der Waals surface area contributed by atoms with Gasteiger partial charge in [0.15, 0.2) is 0 Å². The molecule has 0 heterocycles. The number of nitrogen functional groups attached to an aromatic ring is 1. The molecule has 0 aromatic heterocycles. The van der Waals surface area contributed by atoms with Crippen molar-refractivity contribution in [2.75, 3.05) is 11.1 Å². The molecule has 2 aromatic rings. The van der Waals surface area contributed by atoms with E-state index in [2.05, 4.69) is 30.4 Å². The largest absolute Gasteiger partial charge is 0.399 e. The summed E-state index contributed by atoms with van der Waals surface area (Å²) in [5, 5.41) is 3.41. The predicted molar refractivity (Wildman–Crippen MR) is 83.8 cm³/mol. The first kappa shape index (κ1) is 13.5. The quantitative estimate of drug-likeness (QED) is 0.577. The molecule has 0 aliphatic heterocycles. The topological polar surface area (TPSA) is 38.0 Å². The number of benzene rings is 2. The van der Waals surface area contributed by atoms with Gasteiger partial charge in [0.1, 0.15) is 0 Å². The summed E-state index contributed by atoms with van der Waals surface area (Å²) in [5.41, 5.74) is 10.4. The van der Waals surface area contributed by atoms with Crippen LogP contribution in [0.3, 0.4) is 0 Å². The van der Waals surface area contributed by atoms with Crippen LogP contribution in [0.2, 0.25) is 0 Å². The third kappa shape index (κ3) is 4.02. The fraction of sp³-hybridized carbons (Fsp3) is 0.294. The smallest absolute Gasteiger partial charge is 0.0388 e. The van der Waals surface area contributed by atoms with Crippen LogP contribution in [0, 0.1) is 0 Å². The standard InChI is InChI=1S/C17H22N2/c1-2-3-5-8-14-13-16(11-12-17(14)18)19-15-9-6-4-7-10-15/h4,6-7,9-13,19H,2-3,5,8,18H2,1H3. The van der Waals surface area contributed by atoms with Gasteiger partial charge in [0, 0.05) is 17.1 Å². The van der Waals surface area contributed by atoms with Crippen LogP contribution in [-0.2, 0) is 6.42 Å². The summed E-state index contributed by atoms with van der Waals surface area (Å²) in [4.78, 5) is 0. The van der Waals surface area contributed by atoms with Crippen LogP contribution in [0.15, 0.2) is 48.5 Å². The Morgan fingerprint density at radius 3 is 2.47 bits per heavy atom. The monoisotopic (exact) mass is 254 g/mol. The molecule has 0 saturated heterocycles. The van der Waals surface area contributed by atoms with Gasteiger partial charge in [-0.25, -0.2) is 0 Å². The molecular formula is C17H22N2. The summed E-state index contributed by atoms with van der Waals surface area (Å²) in [6, 6.07) is 16.4. The second-order valence-corrected chi connectivity index (χ2v) is 4.86. The molecule has 0 fully saturated rings. The van der Waals surface area contributed by atoms with Gasteiger partial charge in [-0.05, 0) is 48.7 Å². The van der Waals surface area contributed by atoms with Gasteiger partial charge in [0.2, 0.25) is 0 Å². The Balaban J connectivity index is 2.07. The molecule has 0 bridgehead atoms. The highest BCUT2D eigenvalue weighted by atomic mass is 14.9. The molecule has 0 radical (unpaired) electrons. The summed E-state index contributed by atoms with van der Waals surface area (Å²) in [7, 11) is 0. The zero-order valence-corrected chi connectivity index (χ0v) is 11.5. The van der Waals surface area contributed by atoms with Crippen LogP contribution >= 0.6 is 0 Å². The molecule has 0 amide bonds. The van der Waals surface area contributed by atoms with Crippen molar-refractivity contribution < 1.29 is 0 Å². The van der Waals surface area contributed by atoms with Gasteiger partial charge >= 0.3 is 0 Å². The zero-order chi connectivity index (χ0) is 13.5. The molecule has 0 aliphatic carbocycles. The number of unbranched alkanes of at least 4 members (excludes halogenated alkanes) is 2. The Bertz CT molecular complexity index is 506. The summed E-state index contributed by atoms with van der Waals surface area (Å²) < 4.78 is 0. The minimum Gasteiger partial charge on any atom is -0.399 e. The van der Waals surface area contributed by atoms with Gasteiger partial charge in [0.05, 0.1) is 0 Å². The predicted octanol–water partition coefficient (Wildman–Crippen LogP) is 4.75. The van der Waals surface area contributed by atoms with Gasteiger partial charge in [-0.3, -0.25) is 0 Å². The molecule has 2 heteroatoms. The van der Waals surface area contributed by atoms with Crippen molar-refractivity contribution in [2.24, 2.45) is 0 Å². The van der Waals surface area contributed by atoms with Crippen molar-refractivity contribution in [1.82, 2.24) is 0 Å². The number of para-hydroxylation sites is 1. The van der Waals surface area contributed by atoms with E-state index in [9.17, 15) is 0 Å². The van der Waals surface area contributed by atoms with E-state index in [0.717, 1.165) is 23.5 Å². The number of anilines is 3. The van der Waals surface area contributed by atoms with Crippen LogP contribution in [0.5, 0.6) is 0 Å². The van der Waals surface area contributed by atoms with E-state index < -0.39 is 0 Å². The molecule has 2 rings (SSSR count). The minimum absolute atomic E-state index is 0.898. The number of nitrogens with two attached hydrogens (primary N) is 1. The van der Waals surface area contributed by atoms with Crippen molar-refractivity contribution in [1.29, 1.82) is 0 Å². The van der Waals surface area contributed by atoms with Gasteiger partial charge < -0.3 is 11.1 Å². The molecule has 0 saturated carbocycles. The van der Waals surface area contributed by atoms with E-state index >= 15 is 0 Å². The van der Waals surface area contributed by atoms with E-state index in [1.165, 1.54) is 24.8 Å². The molecule has 0 atom stereocenters. The number of nitrogens with one attached hydrogen (secondary N) is 1. The SMILES string of the molecule is CCCCCc1cc(Nc2ccccc2)ccc1N. The molecular weight excluding hydrogens is 232 g/mol. The van der Waals surface area contributed by atoms with Crippen LogP contribution in [0.4, 0.5) is 17.1 Å². The molecule has 2 aromatic carbocycles. The molecule has 100 valence electrons. The van der Waals surface area contributed by atoms with Crippen LogP contribution in [0.25, 0.3) is 0 Å². The van der Waals surface area contributed by atoms with Gasteiger partial charge in [-0.1, -0.05) is 38.0 Å². The number of hydrogen-bond donors (Lipinski definition) is 2. The van der Waals surface area contributed by atoms with Crippen LogP contribution in [0.1, 0.15) is 31.7 Å². The summed E-state index contributed by atoms with van der Waals surface area (Å²) in [5.74, 6) is 0. The minimum atomic E-state index is 0.898. The Hall–Kier alpha value is -1.96. The first-order chi connectivity index (χ1) is 9.29. The molecule has 19 heavy (non-hydrogen) atoms. The molecule has 3 N–H and O–H groups in total. The second-order valence-electron chi connectivity index (χ2n) is 4.86. The lowest BCUT2D eigenvalue weighted by atomic mass is 10.0. The highest BCUT2D eigenvalue weighted by molar-refractivity contribution is 5.64. The molecule has 0 unspecified atom stereocenters. The molecule has 0 aliphatic rings. The van der Waals surface area contributed by atoms with Crippen molar-refractivity contribution in [2.45, 2.75) is 32.6 Å². The van der Waals surface area contributed by atoms with E-state index in [0.29, 0.717) is 0 Å². The maximum absolute atomic E-state index is 6.04. The average Bonchev–Trinajstić information content (AvgIpc) is 2.44. The zero-order valence-electron chi connectivity index (χ0n) is 11.5. The first-order valence-corrected chi connectivity index (χ1v) is 7.00. The normalized spacial score (nSPS) is 10.4. The highest BCUT2D eigenvalue weighted by Gasteiger charge is 2.01. The Morgan fingerprint density at radius 2 is 1.74 bits per heavy atom. The van der Waals surface area contributed by atoms with E-state index in [-0.39, 0.29) is 0 Å².